The summed E-state index contributed by atoms with van der Waals surface area (Å²) in [6.07, 6.45) is 0.724. The Morgan fingerprint density at radius 1 is 1.18 bits per heavy atom. The van der Waals surface area contributed by atoms with Crippen LogP contribution in [0.5, 0.6) is 0 Å². The van der Waals surface area contributed by atoms with E-state index in [1.165, 1.54) is 12.1 Å². The van der Waals surface area contributed by atoms with E-state index in [9.17, 15) is 20.2 Å². The van der Waals surface area contributed by atoms with Crippen molar-refractivity contribution in [2.75, 3.05) is 11.9 Å². The maximum Gasteiger partial charge on any atom is 0.299 e. The van der Waals surface area contributed by atoms with Crippen molar-refractivity contribution >= 4 is 17.1 Å². The van der Waals surface area contributed by atoms with E-state index in [4.69, 9.17) is 0 Å². The third-order valence-corrected chi connectivity index (χ3v) is 2.19. The second-order valence-corrected chi connectivity index (χ2v) is 3.62. The number of nitro groups is 2. The largest absolute Gasteiger partial charge is 0.374 e. The number of anilines is 1. The normalized spacial score (nSPS) is 10.0. The molecular formula is C10H13N3O4. The predicted molar refractivity (Wildman–Crippen MR) is 63.3 cm³/mol. The lowest BCUT2D eigenvalue weighted by Crippen LogP contribution is -2.06. The molecule has 0 saturated heterocycles. The Balaban J connectivity index is 3.36. The van der Waals surface area contributed by atoms with Crippen molar-refractivity contribution in [3.05, 3.63) is 37.9 Å². The number of rotatable bonds is 5. The highest BCUT2D eigenvalue weighted by molar-refractivity contribution is 5.74. The van der Waals surface area contributed by atoms with E-state index in [2.05, 4.69) is 5.32 Å². The topological polar surface area (TPSA) is 98.3 Å². The standard InChI is InChI=1S/C10H13N3O4/c1-3-4-11-10-8(12(14)15)5-7(2)6-9(10)13(16)17/h5-6,11H,3-4H2,1-2H3. The van der Waals surface area contributed by atoms with Gasteiger partial charge < -0.3 is 5.32 Å². The van der Waals surface area contributed by atoms with Crippen molar-refractivity contribution in [2.45, 2.75) is 20.3 Å². The van der Waals surface area contributed by atoms with E-state index in [1.807, 2.05) is 6.92 Å². The van der Waals surface area contributed by atoms with Crippen LogP contribution in [0.1, 0.15) is 18.9 Å². The molecule has 1 N–H and O–H groups in total. The third kappa shape index (κ3) is 2.90. The van der Waals surface area contributed by atoms with Gasteiger partial charge in [0.2, 0.25) is 0 Å². The van der Waals surface area contributed by atoms with Gasteiger partial charge in [0, 0.05) is 18.7 Å². The summed E-state index contributed by atoms with van der Waals surface area (Å²) in [4.78, 5) is 20.5. The van der Waals surface area contributed by atoms with Gasteiger partial charge in [-0.05, 0) is 18.9 Å². The molecule has 0 spiro atoms. The molecule has 7 heteroatoms. The summed E-state index contributed by atoms with van der Waals surface area (Å²) in [5.74, 6) is 0. The number of hydrogen-bond donors (Lipinski definition) is 1. The van der Waals surface area contributed by atoms with Crippen molar-refractivity contribution in [1.29, 1.82) is 0 Å². The van der Waals surface area contributed by atoms with Crippen LogP contribution in [0, 0.1) is 27.2 Å². The summed E-state index contributed by atoms with van der Waals surface area (Å²) in [6, 6.07) is 2.65. The first-order valence-electron chi connectivity index (χ1n) is 5.14. The molecule has 1 aromatic rings. The van der Waals surface area contributed by atoms with Gasteiger partial charge >= 0.3 is 0 Å². The Morgan fingerprint density at radius 2 is 1.65 bits per heavy atom. The van der Waals surface area contributed by atoms with Crippen molar-refractivity contribution in [2.24, 2.45) is 0 Å². The van der Waals surface area contributed by atoms with Crippen LogP contribution in [-0.4, -0.2) is 16.4 Å². The van der Waals surface area contributed by atoms with Gasteiger partial charge in [0.1, 0.15) is 0 Å². The number of nitrogens with one attached hydrogen (secondary N) is 1. The minimum absolute atomic E-state index is 0.0209. The molecule has 0 heterocycles. The third-order valence-electron chi connectivity index (χ3n) is 2.19. The quantitative estimate of drug-likeness (QED) is 0.629. The SMILES string of the molecule is CCCNc1c([N+](=O)[O-])cc(C)cc1[N+](=O)[O-]. The molecule has 0 aliphatic carbocycles. The van der Waals surface area contributed by atoms with Crippen molar-refractivity contribution < 1.29 is 9.85 Å². The summed E-state index contributed by atoms with van der Waals surface area (Å²) < 4.78 is 0. The summed E-state index contributed by atoms with van der Waals surface area (Å²) in [7, 11) is 0. The second kappa shape index (κ2) is 5.24. The minimum Gasteiger partial charge on any atom is -0.374 e. The van der Waals surface area contributed by atoms with E-state index in [0.717, 1.165) is 6.42 Å². The zero-order chi connectivity index (χ0) is 13.0. The molecule has 92 valence electrons. The van der Waals surface area contributed by atoms with Crippen LogP contribution in [0.2, 0.25) is 0 Å². The van der Waals surface area contributed by atoms with Gasteiger partial charge in [-0.15, -0.1) is 0 Å². The van der Waals surface area contributed by atoms with E-state index in [0.29, 0.717) is 12.1 Å². The van der Waals surface area contributed by atoms with E-state index in [-0.39, 0.29) is 17.1 Å². The van der Waals surface area contributed by atoms with Gasteiger partial charge in [-0.1, -0.05) is 6.92 Å². The molecule has 0 amide bonds. The number of nitrogens with zero attached hydrogens (tertiary/aromatic N) is 2. The van der Waals surface area contributed by atoms with Crippen LogP contribution in [0.25, 0.3) is 0 Å². The number of hydrogen-bond acceptors (Lipinski definition) is 5. The fourth-order valence-electron chi connectivity index (χ4n) is 1.47. The lowest BCUT2D eigenvalue weighted by molar-refractivity contribution is -0.392. The lowest BCUT2D eigenvalue weighted by atomic mass is 10.1. The lowest BCUT2D eigenvalue weighted by Gasteiger charge is -2.07. The Hall–Kier alpha value is -2.18. The van der Waals surface area contributed by atoms with Crippen molar-refractivity contribution in [3.63, 3.8) is 0 Å². The van der Waals surface area contributed by atoms with Crippen molar-refractivity contribution in [1.82, 2.24) is 0 Å². The minimum atomic E-state index is -0.613. The van der Waals surface area contributed by atoms with E-state index < -0.39 is 9.85 Å². The Morgan fingerprint density at radius 3 is 2.00 bits per heavy atom. The Bertz CT molecular complexity index is 424. The Kier molecular flexibility index (Phi) is 3.97. The molecule has 0 aliphatic rings. The van der Waals surface area contributed by atoms with E-state index in [1.54, 1.807) is 6.92 Å². The first kappa shape index (κ1) is 12.9. The van der Waals surface area contributed by atoms with Crippen LogP contribution < -0.4 is 5.32 Å². The van der Waals surface area contributed by atoms with Gasteiger partial charge in [0.15, 0.2) is 5.69 Å². The average Bonchev–Trinajstić information content (AvgIpc) is 2.26. The molecule has 0 atom stereocenters. The molecule has 1 rings (SSSR count). The number of nitro benzene ring substituents is 2. The van der Waals surface area contributed by atoms with Gasteiger partial charge in [0.25, 0.3) is 11.4 Å². The first-order chi connectivity index (χ1) is 7.97. The first-order valence-corrected chi connectivity index (χ1v) is 5.14. The number of aryl methyl sites for hydroxylation is 1. The van der Waals surface area contributed by atoms with E-state index >= 15 is 0 Å². The highest BCUT2D eigenvalue weighted by Crippen LogP contribution is 2.35. The molecule has 7 nitrogen and oxygen atoms in total. The summed E-state index contributed by atoms with van der Waals surface area (Å²) in [6.45, 7) is 3.91. The highest BCUT2D eigenvalue weighted by Gasteiger charge is 2.25. The van der Waals surface area contributed by atoms with Gasteiger partial charge in [-0.25, -0.2) is 0 Å². The second-order valence-electron chi connectivity index (χ2n) is 3.62. The van der Waals surface area contributed by atoms with Crippen LogP contribution in [0.15, 0.2) is 12.1 Å². The fraction of sp³-hybridized carbons (Fsp3) is 0.400. The molecule has 0 aliphatic heterocycles. The van der Waals surface area contributed by atoms with Crippen LogP contribution in [-0.2, 0) is 0 Å². The highest BCUT2D eigenvalue weighted by atomic mass is 16.6. The summed E-state index contributed by atoms with van der Waals surface area (Å²) >= 11 is 0. The molecule has 0 bridgehead atoms. The zero-order valence-electron chi connectivity index (χ0n) is 9.60. The van der Waals surface area contributed by atoms with Crippen LogP contribution in [0.3, 0.4) is 0 Å². The van der Waals surface area contributed by atoms with Crippen LogP contribution in [0.4, 0.5) is 17.1 Å². The van der Waals surface area contributed by atoms with Crippen molar-refractivity contribution in [3.8, 4) is 0 Å². The molecule has 1 aromatic carbocycles. The fourth-order valence-corrected chi connectivity index (χ4v) is 1.47. The van der Waals surface area contributed by atoms with Crippen LogP contribution >= 0.6 is 0 Å². The maximum atomic E-state index is 10.9. The summed E-state index contributed by atoms with van der Waals surface area (Å²) in [5.41, 5.74) is -0.0480. The summed E-state index contributed by atoms with van der Waals surface area (Å²) in [5, 5.41) is 24.4. The molecule has 0 unspecified atom stereocenters. The molecule has 0 fully saturated rings. The van der Waals surface area contributed by atoms with Gasteiger partial charge in [-0.3, -0.25) is 20.2 Å². The molecule has 0 radical (unpaired) electrons. The smallest absolute Gasteiger partial charge is 0.299 e. The predicted octanol–water partition coefficient (Wildman–Crippen LogP) is 2.63. The molecule has 0 saturated carbocycles. The monoisotopic (exact) mass is 239 g/mol. The molecular weight excluding hydrogens is 226 g/mol. The number of benzene rings is 1. The molecule has 17 heavy (non-hydrogen) atoms. The Labute approximate surface area is 97.7 Å². The maximum absolute atomic E-state index is 10.9. The van der Waals surface area contributed by atoms with Gasteiger partial charge in [-0.2, -0.15) is 0 Å². The zero-order valence-corrected chi connectivity index (χ0v) is 9.60. The average molecular weight is 239 g/mol. The molecule has 0 aromatic heterocycles. The van der Waals surface area contributed by atoms with Gasteiger partial charge in [0.05, 0.1) is 9.85 Å².